The van der Waals surface area contributed by atoms with E-state index < -0.39 is 12.1 Å². The maximum atomic E-state index is 13.7. The van der Waals surface area contributed by atoms with Crippen molar-refractivity contribution in [3.05, 3.63) is 47.5 Å². The first-order valence-corrected chi connectivity index (χ1v) is 14.5. The number of carbonyl (C=O) groups is 3. The molecule has 2 fully saturated rings. The molecule has 2 atom stereocenters. The lowest BCUT2D eigenvalue weighted by molar-refractivity contribution is -0.143. The molecule has 0 bridgehead atoms. The highest BCUT2D eigenvalue weighted by Crippen LogP contribution is 2.24. The Morgan fingerprint density at radius 3 is 2.56 bits per heavy atom. The molecular formula is C29H41N7O3. The van der Waals surface area contributed by atoms with Crippen molar-refractivity contribution >= 4 is 17.7 Å². The van der Waals surface area contributed by atoms with Crippen LogP contribution < -0.4 is 10.6 Å². The highest BCUT2D eigenvalue weighted by atomic mass is 16.2. The fourth-order valence-corrected chi connectivity index (χ4v) is 6.16. The Hall–Kier alpha value is -3.27. The van der Waals surface area contributed by atoms with Gasteiger partial charge in [-0.15, -0.1) is 0 Å². The summed E-state index contributed by atoms with van der Waals surface area (Å²) in [5.74, 6) is 1.36. The van der Waals surface area contributed by atoms with Crippen LogP contribution in [-0.2, 0) is 27.3 Å². The molecule has 39 heavy (non-hydrogen) atoms. The molecule has 2 aromatic rings. The molecule has 2 saturated heterocycles. The van der Waals surface area contributed by atoms with Crippen LogP contribution in [0, 0.1) is 12.8 Å². The number of rotatable bonds is 3. The molecule has 3 aliphatic heterocycles. The second kappa shape index (κ2) is 12.7. The van der Waals surface area contributed by atoms with Crippen molar-refractivity contribution in [1.29, 1.82) is 0 Å². The van der Waals surface area contributed by atoms with E-state index in [1.165, 1.54) is 0 Å². The molecular weight excluding hydrogens is 494 g/mol. The van der Waals surface area contributed by atoms with Gasteiger partial charge in [0, 0.05) is 32.0 Å². The molecule has 0 radical (unpaired) electrons. The maximum Gasteiger partial charge on any atom is 0.243 e. The van der Waals surface area contributed by atoms with E-state index in [4.69, 9.17) is 4.98 Å². The first kappa shape index (κ1) is 27.3. The number of nitrogens with one attached hydrogen (secondary N) is 2. The van der Waals surface area contributed by atoms with Crippen molar-refractivity contribution in [2.45, 2.75) is 76.9 Å². The Kier molecular flexibility index (Phi) is 8.91. The molecule has 0 saturated carbocycles. The molecule has 10 nitrogen and oxygen atoms in total. The summed E-state index contributed by atoms with van der Waals surface area (Å²) in [5.41, 5.74) is 1.08. The first-order valence-electron chi connectivity index (χ1n) is 14.5. The van der Waals surface area contributed by atoms with Crippen LogP contribution in [0.5, 0.6) is 0 Å². The molecule has 1 aromatic carbocycles. The maximum absolute atomic E-state index is 13.7. The predicted molar refractivity (Wildman–Crippen MR) is 147 cm³/mol. The number of aryl methyl sites for hydroxylation is 1. The number of piperidine rings is 2. The number of fused-ring (bicyclic) bond motifs is 2. The van der Waals surface area contributed by atoms with Gasteiger partial charge >= 0.3 is 0 Å². The van der Waals surface area contributed by atoms with E-state index in [9.17, 15) is 14.4 Å². The SMILES string of the molecule is Cc1nc2n(n1)CCN(C(=O)C1CCNCC1)CCCC(=O)N1CCCC[C@H]1C(=O)N[C@@H]2Cc1ccccc1. The van der Waals surface area contributed by atoms with E-state index in [1.54, 1.807) is 4.90 Å². The van der Waals surface area contributed by atoms with E-state index in [1.807, 2.05) is 46.8 Å². The molecule has 2 N–H and O–H groups in total. The van der Waals surface area contributed by atoms with Crippen LogP contribution in [0.1, 0.15) is 68.2 Å². The van der Waals surface area contributed by atoms with Crippen LogP contribution >= 0.6 is 0 Å². The normalized spacial score (nSPS) is 23.9. The number of nitrogens with zero attached hydrogens (tertiary/aromatic N) is 5. The Balaban J connectivity index is 1.46. The molecule has 0 unspecified atom stereocenters. The summed E-state index contributed by atoms with van der Waals surface area (Å²) in [6.45, 7) is 5.65. The number of aromatic nitrogens is 3. The van der Waals surface area contributed by atoms with Gasteiger partial charge in [-0.05, 0) is 70.5 Å². The van der Waals surface area contributed by atoms with Crippen molar-refractivity contribution in [3.63, 3.8) is 0 Å². The largest absolute Gasteiger partial charge is 0.344 e. The zero-order chi connectivity index (χ0) is 27.2. The second-order valence-electron chi connectivity index (χ2n) is 11.0. The van der Waals surface area contributed by atoms with Gasteiger partial charge in [-0.1, -0.05) is 30.3 Å². The number of carbonyl (C=O) groups excluding carboxylic acids is 3. The molecule has 1 aromatic heterocycles. The van der Waals surface area contributed by atoms with Gasteiger partial charge in [0.05, 0.1) is 12.6 Å². The fourth-order valence-electron chi connectivity index (χ4n) is 6.16. The average Bonchev–Trinajstić information content (AvgIpc) is 3.34. The summed E-state index contributed by atoms with van der Waals surface area (Å²) in [7, 11) is 0. The molecule has 3 amide bonds. The van der Waals surface area contributed by atoms with Gasteiger partial charge in [0.25, 0.3) is 0 Å². The second-order valence-corrected chi connectivity index (χ2v) is 11.0. The molecule has 210 valence electrons. The summed E-state index contributed by atoms with van der Waals surface area (Å²) >= 11 is 0. The summed E-state index contributed by atoms with van der Waals surface area (Å²) in [6.07, 6.45) is 5.62. The summed E-state index contributed by atoms with van der Waals surface area (Å²) in [4.78, 5) is 49.0. The minimum absolute atomic E-state index is 0.000189. The number of amides is 3. The smallest absolute Gasteiger partial charge is 0.243 e. The van der Waals surface area contributed by atoms with Crippen LogP contribution in [0.15, 0.2) is 30.3 Å². The van der Waals surface area contributed by atoms with Crippen molar-refractivity contribution < 1.29 is 14.4 Å². The monoisotopic (exact) mass is 535 g/mol. The Morgan fingerprint density at radius 1 is 0.974 bits per heavy atom. The molecule has 3 aliphatic rings. The van der Waals surface area contributed by atoms with Crippen molar-refractivity contribution in [2.24, 2.45) is 5.92 Å². The highest BCUT2D eigenvalue weighted by Gasteiger charge is 2.35. The lowest BCUT2D eigenvalue weighted by Crippen LogP contribution is -2.53. The third kappa shape index (κ3) is 6.66. The third-order valence-corrected chi connectivity index (χ3v) is 8.24. The van der Waals surface area contributed by atoms with Crippen LogP contribution in [0.4, 0.5) is 0 Å². The summed E-state index contributed by atoms with van der Waals surface area (Å²) in [6, 6.07) is 9.14. The number of hydrogen-bond donors (Lipinski definition) is 2. The van der Waals surface area contributed by atoms with Crippen molar-refractivity contribution in [1.82, 2.24) is 35.2 Å². The number of hydrogen-bond acceptors (Lipinski definition) is 6. The average molecular weight is 536 g/mol. The van der Waals surface area contributed by atoms with Crippen LogP contribution in [0.2, 0.25) is 0 Å². The van der Waals surface area contributed by atoms with Gasteiger partial charge in [0.15, 0.2) is 0 Å². The van der Waals surface area contributed by atoms with Gasteiger partial charge < -0.3 is 20.4 Å². The lowest BCUT2D eigenvalue weighted by Gasteiger charge is -2.36. The van der Waals surface area contributed by atoms with Crippen LogP contribution in [-0.4, -0.2) is 81.1 Å². The topological polar surface area (TPSA) is 112 Å². The molecule has 5 rings (SSSR count). The summed E-state index contributed by atoms with van der Waals surface area (Å²) in [5, 5.41) is 11.3. The van der Waals surface area contributed by atoms with Gasteiger partial charge in [-0.3, -0.25) is 14.4 Å². The Bertz CT molecular complexity index is 1150. The number of benzene rings is 1. The third-order valence-electron chi connectivity index (χ3n) is 8.24. The highest BCUT2D eigenvalue weighted by molar-refractivity contribution is 5.88. The van der Waals surface area contributed by atoms with E-state index in [0.29, 0.717) is 63.5 Å². The lowest BCUT2D eigenvalue weighted by atomic mass is 9.96. The van der Waals surface area contributed by atoms with E-state index in [0.717, 1.165) is 44.3 Å². The zero-order valence-electron chi connectivity index (χ0n) is 23.0. The molecule has 0 spiro atoms. The van der Waals surface area contributed by atoms with Crippen molar-refractivity contribution in [3.8, 4) is 0 Å². The zero-order valence-corrected chi connectivity index (χ0v) is 23.0. The van der Waals surface area contributed by atoms with Crippen molar-refractivity contribution in [2.75, 3.05) is 32.7 Å². The first-order chi connectivity index (χ1) is 19.0. The van der Waals surface area contributed by atoms with Gasteiger partial charge in [0.1, 0.15) is 17.7 Å². The van der Waals surface area contributed by atoms with Crippen LogP contribution in [0.25, 0.3) is 0 Å². The van der Waals surface area contributed by atoms with E-state index >= 15 is 0 Å². The van der Waals surface area contributed by atoms with Gasteiger partial charge in [-0.2, -0.15) is 5.10 Å². The summed E-state index contributed by atoms with van der Waals surface area (Å²) < 4.78 is 1.86. The molecule has 4 heterocycles. The fraction of sp³-hybridized carbons (Fsp3) is 0.621. The van der Waals surface area contributed by atoms with Crippen LogP contribution in [0.3, 0.4) is 0 Å². The standard InChI is InChI=1S/C29H41N7O3/c1-21-31-27-24(20-22-8-3-2-4-9-22)32-28(38)25-10-5-6-17-35(25)26(37)11-7-16-34(18-19-36(27)33-21)29(39)23-12-14-30-15-13-23/h2-4,8-9,23-25,30H,5-7,10-20H2,1H3,(H,32,38)/t24-,25+/m1/s1. The molecule has 0 aliphatic carbocycles. The van der Waals surface area contributed by atoms with Gasteiger partial charge in [0.2, 0.25) is 17.7 Å². The minimum atomic E-state index is -0.489. The predicted octanol–water partition coefficient (Wildman–Crippen LogP) is 1.99. The Morgan fingerprint density at radius 2 is 1.77 bits per heavy atom. The van der Waals surface area contributed by atoms with Gasteiger partial charge in [-0.25, -0.2) is 9.67 Å². The Labute approximate surface area is 230 Å². The quantitative estimate of drug-likeness (QED) is 0.622. The van der Waals surface area contributed by atoms with E-state index in [2.05, 4.69) is 15.7 Å². The molecule has 10 heteroatoms. The minimum Gasteiger partial charge on any atom is -0.344 e. The van der Waals surface area contributed by atoms with E-state index in [-0.39, 0.29) is 23.6 Å².